The Morgan fingerprint density at radius 1 is 1.00 bits per heavy atom. The number of carbonyl (C=O) groups excluding carboxylic acids is 1. The van der Waals surface area contributed by atoms with Crippen LogP contribution in [0.1, 0.15) is 37.0 Å². The van der Waals surface area contributed by atoms with Gasteiger partial charge in [-0.1, -0.05) is 61.3 Å². The molecule has 0 aliphatic rings. The average molecular weight is 350 g/mol. The van der Waals surface area contributed by atoms with Crippen LogP contribution in [0.15, 0.2) is 36.4 Å². The van der Waals surface area contributed by atoms with E-state index in [1.165, 1.54) is 11.1 Å². The molecule has 0 aliphatic heterocycles. The zero-order chi connectivity index (χ0) is 16.8. The summed E-state index contributed by atoms with van der Waals surface area (Å²) >= 11 is 11.9. The number of carbonyl (C=O) groups is 1. The van der Waals surface area contributed by atoms with Gasteiger partial charge in [-0.05, 0) is 48.1 Å². The molecule has 1 amide bonds. The van der Waals surface area contributed by atoms with Gasteiger partial charge in [-0.2, -0.15) is 0 Å². The minimum absolute atomic E-state index is 0.0201. The average Bonchev–Trinajstić information content (AvgIpc) is 2.56. The van der Waals surface area contributed by atoms with Crippen LogP contribution in [0.4, 0.5) is 5.69 Å². The third-order valence-electron chi connectivity index (χ3n) is 3.89. The number of hydrogen-bond acceptors (Lipinski definition) is 1. The van der Waals surface area contributed by atoms with Gasteiger partial charge in [-0.25, -0.2) is 0 Å². The number of benzene rings is 2. The maximum atomic E-state index is 12.3. The Bertz CT molecular complexity index is 676. The molecule has 2 aromatic rings. The van der Waals surface area contributed by atoms with Crippen molar-refractivity contribution < 1.29 is 4.79 Å². The molecule has 0 heterocycles. The highest BCUT2D eigenvalue weighted by atomic mass is 35.5. The number of halogens is 2. The predicted molar refractivity (Wildman–Crippen MR) is 98.6 cm³/mol. The van der Waals surface area contributed by atoms with Gasteiger partial charge in [0.2, 0.25) is 5.91 Å². The van der Waals surface area contributed by atoms with E-state index in [9.17, 15) is 4.79 Å². The van der Waals surface area contributed by atoms with E-state index in [-0.39, 0.29) is 5.91 Å². The second kappa shape index (κ2) is 8.37. The van der Waals surface area contributed by atoms with Gasteiger partial charge in [-0.3, -0.25) is 4.79 Å². The van der Waals surface area contributed by atoms with Gasteiger partial charge in [0, 0.05) is 12.1 Å². The summed E-state index contributed by atoms with van der Waals surface area (Å²) in [4.78, 5) is 12.3. The Morgan fingerprint density at radius 2 is 1.65 bits per heavy atom. The van der Waals surface area contributed by atoms with E-state index < -0.39 is 0 Å². The molecule has 0 spiro atoms. The fourth-order valence-electron chi connectivity index (χ4n) is 2.56. The third kappa shape index (κ3) is 4.73. The van der Waals surface area contributed by atoms with Crippen LogP contribution in [0, 0.1) is 0 Å². The van der Waals surface area contributed by atoms with Gasteiger partial charge in [-0.15, -0.1) is 0 Å². The SMILES string of the molecule is CCc1cccc(CC)c1NC(=O)CCc1ccc(Cl)c(Cl)c1. The highest BCUT2D eigenvalue weighted by molar-refractivity contribution is 6.42. The van der Waals surface area contributed by atoms with Crippen molar-refractivity contribution in [3.05, 3.63) is 63.1 Å². The maximum absolute atomic E-state index is 12.3. The molecule has 2 aromatic carbocycles. The van der Waals surface area contributed by atoms with E-state index in [0.717, 1.165) is 24.1 Å². The van der Waals surface area contributed by atoms with Crippen LogP contribution in [0.2, 0.25) is 10.0 Å². The summed E-state index contributed by atoms with van der Waals surface area (Å²) in [6, 6.07) is 11.6. The minimum atomic E-state index is 0.0201. The van der Waals surface area contributed by atoms with Crippen LogP contribution in [0.3, 0.4) is 0 Å². The molecule has 0 saturated heterocycles. The van der Waals surface area contributed by atoms with E-state index in [0.29, 0.717) is 22.9 Å². The predicted octanol–water partition coefficient (Wildman–Crippen LogP) is 5.69. The monoisotopic (exact) mass is 349 g/mol. The van der Waals surface area contributed by atoms with E-state index >= 15 is 0 Å². The van der Waals surface area contributed by atoms with Crippen molar-refractivity contribution in [3.8, 4) is 0 Å². The van der Waals surface area contributed by atoms with E-state index in [2.05, 4.69) is 31.3 Å². The van der Waals surface area contributed by atoms with Crippen LogP contribution >= 0.6 is 23.2 Å². The largest absolute Gasteiger partial charge is 0.326 e. The van der Waals surface area contributed by atoms with Crippen molar-refractivity contribution in [2.24, 2.45) is 0 Å². The molecule has 2 rings (SSSR count). The summed E-state index contributed by atoms with van der Waals surface area (Å²) in [5.74, 6) is 0.0201. The molecule has 0 unspecified atom stereocenters. The lowest BCUT2D eigenvalue weighted by atomic mass is 10.0. The molecule has 0 fully saturated rings. The van der Waals surface area contributed by atoms with Crippen molar-refractivity contribution in [1.29, 1.82) is 0 Å². The van der Waals surface area contributed by atoms with Crippen molar-refractivity contribution in [3.63, 3.8) is 0 Å². The fraction of sp³-hybridized carbons (Fsp3) is 0.316. The third-order valence-corrected chi connectivity index (χ3v) is 4.63. The van der Waals surface area contributed by atoms with Gasteiger partial charge in [0.05, 0.1) is 10.0 Å². The lowest BCUT2D eigenvalue weighted by Crippen LogP contribution is -2.15. The number of hydrogen-bond donors (Lipinski definition) is 1. The summed E-state index contributed by atoms with van der Waals surface area (Å²) < 4.78 is 0. The number of nitrogens with one attached hydrogen (secondary N) is 1. The molecule has 0 saturated carbocycles. The number of para-hydroxylation sites is 1. The van der Waals surface area contributed by atoms with Crippen LogP contribution < -0.4 is 5.32 Å². The summed E-state index contributed by atoms with van der Waals surface area (Å²) in [6.45, 7) is 4.19. The van der Waals surface area contributed by atoms with E-state index in [1.807, 2.05) is 18.2 Å². The summed E-state index contributed by atoms with van der Waals surface area (Å²) in [5.41, 5.74) is 4.32. The first-order chi connectivity index (χ1) is 11.0. The van der Waals surface area contributed by atoms with Gasteiger partial charge in [0.25, 0.3) is 0 Å². The van der Waals surface area contributed by atoms with Crippen molar-refractivity contribution in [2.75, 3.05) is 5.32 Å². The molecule has 0 radical (unpaired) electrons. The van der Waals surface area contributed by atoms with Crippen molar-refractivity contribution in [1.82, 2.24) is 0 Å². The Labute approximate surface area is 147 Å². The zero-order valence-corrected chi connectivity index (χ0v) is 15.0. The smallest absolute Gasteiger partial charge is 0.224 e. The molecule has 122 valence electrons. The standard InChI is InChI=1S/C19H21Cl2NO/c1-3-14-6-5-7-15(4-2)19(14)22-18(23)11-9-13-8-10-16(20)17(21)12-13/h5-8,10,12H,3-4,9,11H2,1-2H3,(H,22,23). The van der Waals surface area contributed by atoms with Crippen molar-refractivity contribution in [2.45, 2.75) is 39.5 Å². The lowest BCUT2D eigenvalue weighted by Gasteiger charge is -2.14. The Morgan fingerprint density at radius 3 is 2.22 bits per heavy atom. The topological polar surface area (TPSA) is 29.1 Å². The quantitative estimate of drug-likeness (QED) is 0.712. The Kier molecular flexibility index (Phi) is 6.49. The molecule has 0 atom stereocenters. The molecule has 0 aromatic heterocycles. The molecule has 4 heteroatoms. The van der Waals surface area contributed by atoms with Crippen LogP contribution in [0.5, 0.6) is 0 Å². The molecule has 2 nitrogen and oxygen atoms in total. The molecular weight excluding hydrogens is 329 g/mol. The lowest BCUT2D eigenvalue weighted by molar-refractivity contribution is -0.116. The number of rotatable bonds is 6. The minimum Gasteiger partial charge on any atom is -0.326 e. The molecule has 1 N–H and O–H groups in total. The Hall–Kier alpha value is -1.51. The summed E-state index contributed by atoms with van der Waals surface area (Å²) in [5, 5.41) is 4.13. The van der Waals surface area contributed by atoms with E-state index in [1.54, 1.807) is 6.07 Å². The van der Waals surface area contributed by atoms with Gasteiger partial charge in [0.15, 0.2) is 0 Å². The number of aryl methyl sites for hydroxylation is 3. The first-order valence-electron chi connectivity index (χ1n) is 7.89. The first-order valence-corrected chi connectivity index (χ1v) is 8.65. The zero-order valence-electron chi connectivity index (χ0n) is 13.5. The highest BCUT2D eigenvalue weighted by Gasteiger charge is 2.10. The fourth-order valence-corrected chi connectivity index (χ4v) is 2.88. The normalized spacial score (nSPS) is 10.6. The summed E-state index contributed by atoms with van der Waals surface area (Å²) in [7, 11) is 0. The van der Waals surface area contributed by atoms with Crippen LogP contribution in [-0.4, -0.2) is 5.91 Å². The summed E-state index contributed by atoms with van der Waals surface area (Å²) in [6.07, 6.45) is 2.85. The molecule has 23 heavy (non-hydrogen) atoms. The highest BCUT2D eigenvalue weighted by Crippen LogP contribution is 2.24. The molecule has 0 bridgehead atoms. The maximum Gasteiger partial charge on any atom is 0.224 e. The van der Waals surface area contributed by atoms with Crippen LogP contribution in [0.25, 0.3) is 0 Å². The van der Waals surface area contributed by atoms with Gasteiger partial charge < -0.3 is 5.32 Å². The van der Waals surface area contributed by atoms with Gasteiger partial charge >= 0.3 is 0 Å². The molecular formula is C19H21Cl2NO. The van der Waals surface area contributed by atoms with Gasteiger partial charge in [0.1, 0.15) is 0 Å². The van der Waals surface area contributed by atoms with Crippen LogP contribution in [-0.2, 0) is 24.1 Å². The number of amides is 1. The first kappa shape index (κ1) is 17.8. The second-order valence-corrected chi connectivity index (χ2v) is 6.27. The van der Waals surface area contributed by atoms with E-state index in [4.69, 9.17) is 23.2 Å². The Balaban J connectivity index is 2.04. The van der Waals surface area contributed by atoms with Crippen molar-refractivity contribution >= 4 is 34.8 Å². The second-order valence-electron chi connectivity index (χ2n) is 5.46. The number of anilines is 1. The molecule has 0 aliphatic carbocycles.